The van der Waals surface area contributed by atoms with Crippen LogP contribution in [0.25, 0.3) is 0 Å². The molecule has 4 heteroatoms. The predicted octanol–water partition coefficient (Wildman–Crippen LogP) is 3.04. The van der Waals surface area contributed by atoms with Crippen molar-refractivity contribution in [1.82, 2.24) is 4.90 Å². The summed E-state index contributed by atoms with van der Waals surface area (Å²) in [6.45, 7) is 2.33. The van der Waals surface area contributed by atoms with Gasteiger partial charge < -0.3 is 4.74 Å². The summed E-state index contributed by atoms with van der Waals surface area (Å²) in [4.78, 5) is 14.5. The highest BCUT2D eigenvalue weighted by Crippen LogP contribution is 2.28. The summed E-state index contributed by atoms with van der Waals surface area (Å²) in [6.07, 6.45) is 5.47. The highest BCUT2D eigenvalue weighted by Gasteiger charge is 2.34. The van der Waals surface area contributed by atoms with E-state index >= 15 is 0 Å². The van der Waals surface area contributed by atoms with E-state index in [0.717, 1.165) is 26.0 Å². The lowest BCUT2D eigenvalue weighted by atomic mass is 9.90. The molecule has 0 amide bonds. The van der Waals surface area contributed by atoms with Gasteiger partial charge in [0.05, 0.1) is 18.3 Å². The Balaban J connectivity index is 1.59. The molecule has 114 valence electrons. The molecular formula is C17H22FNO2. The van der Waals surface area contributed by atoms with E-state index in [4.69, 9.17) is 4.74 Å². The number of carbonyl (C=O) groups is 1. The van der Waals surface area contributed by atoms with Crippen molar-refractivity contribution in [3.63, 3.8) is 0 Å². The van der Waals surface area contributed by atoms with E-state index < -0.39 is 5.82 Å². The lowest BCUT2D eigenvalue weighted by molar-refractivity contribution is -0.0875. The molecule has 21 heavy (non-hydrogen) atoms. The molecule has 0 bridgehead atoms. The molecule has 1 aromatic carbocycles. The molecular weight excluding hydrogens is 269 g/mol. The number of ether oxygens (including phenoxy) is 1. The number of halogens is 1. The summed E-state index contributed by atoms with van der Waals surface area (Å²) in [5.74, 6) is -0.521. The van der Waals surface area contributed by atoms with Crippen LogP contribution in [0.3, 0.4) is 0 Å². The zero-order chi connectivity index (χ0) is 14.7. The van der Waals surface area contributed by atoms with E-state index in [1.165, 1.54) is 18.9 Å². The molecule has 2 atom stereocenters. The van der Waals surface area contributed by atoms with Gasteiger partial charge in [0.25, 0.3) is 0 Å². The van der Waals surface area contributed by atoms with E-state index in [-0.39, 0.29) is 11.3 Å². The average Bonchev–Trinajstić information content (AvgIpc) is 2.53. The van der Waals surface area contributed by atoms with Gasteiger partial charge in [0.15, 0.2) is 5.78 Å². The first kappa shape index (κ1) is 14.7. The van der Waals surface area contributed by atoms with Gasteiger partial charge in [0.2, 0.25) is 0 Å². The average molecular weight is 291 g/mol. The fourth-order valence-electron chi connectivity index (χ4n) is 3.52. The van der Waals surface area contributed by atoms with Crippen LogP contribution in [0.1, 0.15) is 42.5 Å². The number of hydrogen-bond acceptors (Lipinski definition) is 3. The Morgan fingerprint density at radius 3 is 2.95 bits per heavy atom. The van der Waals surface area contributed by atoms with Crippen molar-refractivity contribution in [3.8, 4) is 0 Å². The minimum Gasteiger partial charge on any atom is -0.375 e. The number of hydrogen-bond donors (Lipinski definition) is 0. The molecule has 0 spiro atoms. The van der Waals surface area contributed by atoms with Crippen LogP contribution < -0.4 is 0 Å². The van der Waals surface area contributed by atoms with Crippen LogP contribution in [0.15, 0.2) is 24.3 Å². The summed E-state index contributed by atoms with van der Waals surface area (Å²) >= 11 is 0. The highest BCUT2D eigenvalue weighted by atomic mass is 19.1. The van der Waals surface area contributed by atoms with Crippen LogP contribution in [0.2, 0.25) is 0 Å². The molecule has 1 aliphatic carbocycles. The van der Waals surface area contributed by atoms with Crippen LogP contribution >= 0.6 is 0 Å². The van der Waals surface area contributed by atoms with Gasteiger partial charge >= 0.3 is 0 Å². The first-order chi connectivity index (χ1) is 10.3. The second kappa shape index (κ2) is 6.67. The van der Waals surface area contributed by atoms with Gasteiger partial charge in [-0.05, 0) is 25.0 Å². The van der Waals surface area contributed by atoms with Gasteiger partial charge in [-0.2, -0.15) is 0 Å². The van der Waals surface area contributed by atoms with Crippen molar-refractivity contribution in [2.24, 2.45) is 0 Å². The zero-order valence-corrected chi connectivity index (χ0v) is 12.3. The molecule has 1 heterocycles. The van der Waals surface area contributed by atoms with Gasteiger partial charge in [0, 0.05) is 25.6 Å². The van der Waals surface area contributed by atoms with E-state index in [1.54, 1.807) is 18.2 Å². The Morgan fingerprint density at radius 2 is 2.10 bits per heavy atom. The minimum absolute atomic E-state index is 0.105. The summed E-state index contributed by atoms with van der Waals surface area (Å²) in [7, 11) is 0. The van der Waals surface area contributed by atoms with Gasteiger partial charge in [-0.15, -0.1) is 0 Å². The molecule has 1 saturated carbocycles. The van der Waals surface area contributed by atoms with Crippen LogP contribution in [-0.4, -0.2) is 42.5 Å². The van der Waals surface area contributed by atoms with Crippen molar-refractivity contribution in [1.29, 1.82) is 0 Å². The highest BCUT2D eigenvalue weighted by molar-refractivity contribution is 5.96. The van der Waals surface area contributed by atoms with Crippen molar-refractivity contribution in [3.05, 3.63) is 35.6 Å². The maximum absolute atomic E-state index is 13.6. The normalized spacial score (nSPS) is 26.3. The smallest absolute Gasteiger partial charge is 0.167 e. The van der Waals surface area contributed by atoms with Crippen LogP contribution in [0.5, 0.6) is 0 Å². The van der Waals surface area contributed by atoms with Crippen LogP contribution in [0, 0.1) is 5.82 Å². The number of rotatable bonds is 4. The molecule has 3 rings (SSSR count). The Labute approximate surface area is 125 Å². The number of fused-ring (bicyclic) bond motifs is 1. The lowest BCUT2D eigenvalue weighted by Gasteiger charge is -2.43. The molecule has 2 unspecified atom stereocenters. The van der Waals surface area contributed by atoms with Crippen molar-refractivity contribution in [2.75, 3.05) is 19.7 Å². The van der Waals surface area contributed by atoms with Crippen molar-refractivity contribution in [2.45, 2.75) is 44.2 Å². The number of nitrogens with zero attached hydrogens (tertiary/aromatic N) is 1. The standard InChI is InChI=1S/C17H22FNO2/c18-14-6-2-1-5-13(14)16(20)9-10-19-11-12-21-17-8-4-3-7-15(17)19/h1-2,5-6,15,17H,3-4,7-12H2. The maximum atomic E-state index is 13.6. The van der Waals surface area contributed by atoms with Gasteiger partial charge in [-0.25, -0.2) is 4.39 Å². The molecule has 3 nitrogen and oxygen atoms in total. The van der Waals surface area contributed by atoms with Crippen LogP contribution in [-0.2, 0) is 4.74 Å². The van der Waals surface area contributed by atoms with Crippen molar-refractivity contribution < 1.29 is 13.9 Å². The second-order valence-electron chi connectivity index (χ2n) is 5.95. The SMILES string of the molecule is O=C(CCN1CCOC2CCCCC21)c1ccccc1F. The molecule has 1 saturated heterocycles. The molecule has 1 aromatic rings. The summed E-state index contributed by atoms with van der Waals surface area (Å²) < 4.78 is 19.5. The Bertz CT molecular complexity index is 503. The number of carbonyl (C=O) groups excluding carboxylic acids is 1. The minimum atomic E-state index is -0.417. The van der Waals surface area contributed by atoms with Crippen molar-refractivity contribution >= 4 is 5.78 Å². The fourth-order valence-corrected chi connectivity index (χ4v) is 3.52. The Hall–Kier alpha value is -1.26. The number of benzene rings is 1. The fraction of sp³-hybridized carbons (Fsp3) is 0.588. The van der Waals surface area contributed by atoms with Gasteiger partial charge in [-0.1, -0.05) is 25.0 Å². The summed E-state index contributed by atoms with van der Waals surface area (Å²) in [5, 5.41) is 0. The van der Waals surface area contributed by atoms with E-state index in [1.807, 2.05) is 0 Å². The monoisotopic (exact) mass is 291 g/mol. The quantitative estimate of drug-likeness (QED) is 0.799. The Kier molecular flexibility index (Phi) is 4.66. The number of Topliss-reactive ketones (excluding diaryl/α,β-unsaturated/α-hetero) is 1. The largest absolute Gasteiger partial charge is 0.375 e. The molecule has 2 aliphatic rings. The van der Waals surface area contributed by atoms with E-state index in [9.17, 15) is 9.18 Å². The third-order valence-electron chi connectivity index (χ3n) is 4.65. The second-order valence-corrected chi connectivity index (χ2v) is 5.95. The van der Waals surface area contributed by atoms with Crippen LogP contribution in [0.4, 0.5) is 4.39 Å². The predicted molar refractivity (Wildman–Crippen MR) is 78.9 cm³/mol. The van der Waals surface area contributed by atoms with E-state index in [0.29, 0.717) is 25.1 Å². The molecule has 1 aliphatic heterocycles. The third kappa shape index (κ3) is 3.33. The molecule has 2 fully saturated rings. The van der Waals surface area contributed by atoms with Gasteiger partial charge in [-0.3, -0.25) is 9.69 Å². The molecule has 0 N–H and O–H groups in total. The lowest BCUT2D eigenvalue weighted by Crippen LogP contribution is -2.53. The first-order valence-corrected chi connectivity index (χ1v) is 7.89. The van der Waals surface area contributed by atoms with Gasteiger partial charge in [0.1, 0.15) is 5.82 Å². The maximum Gasteiger partial charge on any atom is 0.167 e. The zero-order valence-electron chi connectivity index (χ0n) is 12.3. The Morgan fingerprint density at radius 1 is 1.29 bits per heavy atom. The topological polar surface area (TPSA) is 29.5 Å². The molecule has 0 radical (unpaired) electrons. The summed E-state index contributed by atoms with van der Waals surface area (Å²) in [5.41, 5.74) is 0.214. The summed E-state index contributed by atoms with van der Waals surface area (Å²) in [6, 6.07) is 6.68. The third-order valence-corrected chi connectivity index (χ3v) is 4.65. The number of ketones is 1. The molecule has 0 aromatic heterocycles. The first-order valence-electron chi connectivity index (χ1n) is 7.89. The van der Waals surface area contributed by atoms with E-state index in [2.05, 4.69) is 4.90 Å². The number of morpholine rings is 1.